The molecule has 1 rings (SSSR count). The zero-order valence-electron chi connectivity index (χ0n) is 32.1. The molecule has 8 nitrogen and oxygen atoms in total. The third kappa shape index (κ3) is 24.4. The Morgan fingerprint density at radius 2 is 1.20 bits per heavy atom. The SMILES string of the molecule is CCCCCCCCCCCCCCCCCCC(=O)OC[C@H](CO)OC(=O)CCCCCC[C@H]1C(=O)C[C@@H](O)[C@@H]1/C=C/[C@@H](O)CCCCC. The van der Waals surface area contributed by atoms with Crippen LogP contribution in [0.15, 0.2) is 12.2 Å². The fourth-order valence-electron chi connectivity index (χ4n) is 6.98. The van der Waals surface area contributed by atoms with Crippen molar-refractivity contribution in [3.63, 3.8) is 0 Å². The summed E-state index contributed by atoms with van der Waals surface area (Å²) in [6.45, 7) is 3.85. The molecule has 1 saturated carbocycles. The maximum Gasteiger partial charge on any atom is 0.306 e. The van der Waals surface area contributed by atoms with Crippen molar-refractivity contribution >= 4 is 17.7 Å². The van der Waals surface area contributed by atoms with Crippen molar-refractivity contribution in [1.82, 2.24) is 0 Å². The van der Waals surface area contributed by atoms with Gasteiger partial charge in [-0.15, -0.1) is 0 Å². The van der Waals surface area contributed by atoms with E-state index in [1.807, 2.05) is 6.08 Å². The predicted octanol–water partition coefficient (Wildman–Crippen LogP) is 9.49. The minimum absolute atomic E-state index is 0.0805. The van der Waals surface area contributed by atoms with Crippen LogP contribution < -0.4 is 0 Å². The van der Waals surface area contributed by atoms with Gasteiger partial charge in [0.25, 0.3) is 0 Å². The van der Waals surface area contributed by atoms with E-state index in [1.165, 1.54) is 83.5 Å². The van der Waals surface area contributed by atoms with Gasteiger partial charge in [-0.1, -0.05) is 161 Å². The van der Waals surface area contributed by atoms with E-state index in [0.717, 1.165) is 57.8 Å². The van der Waals surface area contributed by atoms with Crippen LogP contribution in [0, 0.1) is 11.8 Å². The summed E-state index contributed by atoms with van der Waals surface area (Å²) in [5, 5.41) is 30.2. The van der Waals surface area contributed by atoms with E-state index in [9.17, 15) is 29.7 Å². The number of hydrogen-bond acceptors (Lipinski definition) is 8. The van der Waals surface area contributed by atoms with Gasteiger partial charge in [0, 0.05) is 31.1 Å². The summed E-state index contributed by atoms with van der Waals surface area (Å²) < 4.78 is 10.6. The third-order valence-electron chi connectivity index (χ3n) is 10.2. The summed E-state index contributed by atoms with van der Waals surface area (Å²) in [7, 11) is 0. The molecule has 1 fully saturated rings. The Bertz CT molecular complexity index is 874. The van der Waals surface area contributed by atoms with Gasteiger partial charge in [-0.3, -0.25) is 14.4 Å². The number of carbonyl (C=O) groups excluding carboxylic acids is 3. The second-order valence-corrected chi connectivity index (χ2v) is 14.9. The average Bonchev–Trinajstić information content (AvgIpc) is 3.37. The molecule has 0 aromatic heterocycles. The van der Waals surface area contributed by atoms with Crippen molar-refractivity contribution in [2.24, 2.45) is 11.8 Å². The quantitative estimate of drug-likeness (QED) is 0.0342. The van der Waals surface area contributed by atoms with Crippen LogP contribution in [0.5, 0.6) is 0 Å². The van der Waals surface area contributed by atoms with Gasteiger partial charge in [-0.2, -0.15) is 0 Å². The number of unbranched alkanes of at least 4 members (excludes halogenated alkanes) is 20. The summed E-state index contributed by atoms with van der Waals surface area (Å²) in [4.78, 5) is 36.9. The van der Waals surface area contributed by atoms with Gasteiger partial charge < -0.3 is 24.8 Å². The van der Waals surface area contributed by atoms with E-state index in [0.29, 0.717) is 25.7 Å². The molecule has 0 spiro atoms. The van der Waals surface area contributed by atoms with Crippen LogP contribution >= 0.6 is 0 Å². The Labute approximate surface area is 305 Å². The first-order chi connectivity index (χ1) is 24.3. The summed E-state index contributed by atoms with van der Waals surface area (Å²) in [6, 6.07) is 0. The molecule has 50 heavy (non-hydrogen) atoms. The molecule has 5 atom stereocenters. The fourth-order valence-corrected chi connectivity index (χ4v) is 6.98. The van der Waals surface area contributed by atoms with Gasteiger partial charge in [0.05, 0.1) is 18.8 Å². The number of ether oxygens (including phenoxy) is 2. The molecule has 0 radical (unpaired) electrons. The third-order valence-corrected chi connectivity index (χ3v) is 10.2. The van der Waals surface area contributed by atoms with E-state index in [-0.39, 0.29) is 43.0 Å². The molecule has 8 heteroatoms. The summed E-state index contributed by atoms with van der Waals surface area (Å²) >= 11 is 0. The smallest absolute Gasteiger partial charge is 0.306 e. The van der Waals surface area contributed by atoms with Crippen molar-refractivity contribution in [3.8, 4) is 0 Å². The monoisotopic (exact) mass is 709 g/mol. The van der Waals surface area contributed by atoms with E-state index in [1.54, 1.807) is 6.08 Å². The molecule has 0 heterocycles. The van der Waals surface area contributed by atoms with Crippen molar-refractivity contribution < 1.29 is 39.2 Å². The summed E-state index contributed by atoms with van der Waals surface area (Å²) in [5.74, 6) is -1.14. The maximum absolute atomic E-state index is 12.5. The van der Waals surface area contributed by atoms with Crippen LogP contribution in [0.25, 0.3) is 0 Å². The summed E-state index contributed by atoms with van der Waals surface area (Å²) in [5.41, 5.74) is 0. The van der Waals surface area contributed by atoms with Gasteiger partial charge in [0.2, 0.25) is 0 Å². The molecule has 0 amide bonds. The van der Waals surface area contributed by atoms with Crippen LogP contribution in [-0.2, 0) is 23.9 Å². The Hall–Kier alpha value is -1.77. The number of rotatable bonds is 34. The molecule has 292 valence electrons. The lowest BCUT2D eigenvalue weighted by molar-refractivity contribution is -0.161. The van der Waals surface area contributed by atoms with Crippen LogP contribution in [-0.4, -0.2) is 64.6 Å². The number of Topliss-reactive ketones (excluding diaryl/α,β-unsaturated/α-hetero) is 1. The highest BCUT2D eigenvalue weighted by Crippen LogP contribution is 2.34. The molecular weight excluding hydrogens is 632 g/mol. The van der Waals surface area contributed by atoms with Gasteiger partial charge in [0.15, 0.2) is 6.10 Å². The first-order valence-corrected chi connectivity index (χ1v) is 20.8. The lowest BCUT2D eigenvalue weighted by atomic mass is 9.88. The Balaban J connectivity index is 2.05. The number of hydrogen-bond donors (Lipinski definition) is 3. The van der Waals surface area contributed by atoms with E-state index >= 15 is 0 Å². The fraction of sp³-hybridized carbons (Fsp3) is 0.881. The molecule has 1 aliphatic rings. The second-order valence-electron chi connectivity index (χ2n) is 14.9. The van der Waals surface area contributed by atoms with Crippen LogP contribution in [0.4, 0.5) is 0 Å². The average molecular weight is 709 g/mol. The highest BCUT2D eigenvalue weighted by Gasteiger charge is 2.39. The Morgan fingerprint density at radius 3 is 1.74 bits per heavy atom. The number of carbonyl (C=O) groups is 3. The Morgan fingerprint density at radius 1 is 0.720 bits per heavy atom. The molecule has 1 aliphatic carbocycles. The molecule has 0 unspecified atom stereocenters. The molecule has 0 saturated heterocycles. The number of aliphatic hydroxyl groups is 3. The van der Waals surface area contributed by atoms with Crippen molar-refractivity contribution in [1.29, 1.82) is 0 Å². The number of aliphatic hydroxyl groups excluding tert-OH is 3. The van der Waals surface area contributed by atoms with Gasteiger partial charge in [0.1, 0.15) is 12.4 Å². The number of esters is 2. The lowest BCUT2D eigenvalue weighted by Gasteiger charge is -2.18. The normalized spacial score (nSPS) is 18.9. The van der Waals surface area contributed by atoms with E-state index in [4.69, 9.17) is 9.47 Å². The van der Waals surface area contributed by atoms with Crippen molar-refractivity contribution in [2.45, 2.75) is 212 Å². The maximum atomic E-state index is 12.5. The molecule has 3 N–H and O–H groups in total. The molecule has 0 aromatic rings. The Kier molecular flexibility index (Phi) is 29.5. The van der Waals surface area contributed by atoms with Crippen LogP contribution in [0.2, 0.25) is 0 Å². The minimum atomic E-state index is -0.854. The molecule has 0 bridgehead atoms. The highest BCUT2D eigenvalue weighted by atomic mass is 16.6. The topological polar surface area (TPSA) is 130 Å². The molecular formula is C42H76O8. The second kappa shape index (κ2) is 31.9. The lowest BCUT2D eigenvalue weighted by Crippen LogP contribution is -2.28. The minimum Gasteiger partial charge on any atom is -0.462 e. The number of ketones is 1. The van der Waals surface area contributed by atoms with E-state index in [2.05, 4.69) is 13.8 Å². The predicted molar refractivity (Wildman–Crippen MR) is 202 cm³/mol. The van der Waals surface area contributed by atoms with Crippen LogP contribution in [0.1, 0.15) is 194 Å². The first kappa shape index (κ1) is 46.3. The van der Waals surface area contributed by atoms with Crippen LogP contribution in [0.3, 0.4) is 0 Å². The largest absolute Gasteiger partial charge is 0.462 e. The van der Waals surface area contributed by atoms with E-state index < -0.39 is 30.9 Å². The summed E-state index contributed by atoms with van der Waals surface area (Å²) in [6.07, 6.45) is 30.2. The first-order valence-electron chi connectivity index (χ1n) is 20.8. The van der Waals surface area contributed by atoms with Crippen molar-refractivity contribution in [2.75, 3.05) is 13.2 Å². The zero-order valence-corrected chi connectivity index (χ0v) is 32.1. The van der Waals surface area contributed by atoms with Crippen molar-refractivity contribution in [3.05, 3.63) is 12.2 Å². The molecule has 0 aliphatic heterocycles. The molecule has 0 aromatic carbocycles. The van der Waals surface area contributed by atoms with Gasteiger partial charge in [-0.25, -0.2) is 0 Å². The highest BCUT2D eigenvalue weighted by molar-refractivity contribution is 5.84. The van der Waals surface area contributed by atoms with Gasteiger partial charge >= 0.3 is 11.9 Å². The van der Waals surface area contributed by atoms with Gasteiger partial charge in [-0.05, 0) is 25.7 Å². The standard InChI is InChI=1S/C42H76O8/c1-3-5-7-8-9-10-11-12-13-14-15-16-17-18-19-24-28-41(47)49-34-36(33-43)50-42(48)29-25-21-20-23-27-37-38(40(46)32-39(37)45)31-30-35(44)26-22-6-4-2/h30-31,35-38,40,43-44,46H,3-29,32-34H2,1-2H3/b31-30+/t35-,36-,37+,38+,40+/m0/s1. The zero-order chi connectivity index (χ0) is 36.7.